The van der Waals surface area contributed by atoms with Crippen molar-refractivity contribution in [3.05, 3.63) is 59.2 Å². The van der Waals surface area contributed by atoms with Crippen LogP contribution in [-0.4, -0.2) is 37.0 Å². The van der Waals surface area contributed by atoms with Crippen molar-refractivity contribution in [2.45, 2.75) is 32.0 Å². The van der Waals surface area contributed by atoms with Crippen molar-refractivity contribution in [3.63, 3.8) is 0 Å². The van der Waals surface area contributed by atoms with Gasteiger partial charge in [0.1, 0.15) is 5.75 Å². The molecule has 0 fully saturated rings. The minimum absolute atomic E-state index is 0.0782. The second-order valence-corrected chi connectivity index (χ2v) is 7.25. The summed E-state index contributed by atoms with van der Waals surface area (Å²) < 4.78 is 1.53. The number of rotatable bonds is 6. The van der Waals surface area contributed by atoms with Gasteiger partial charge in [0.05, 0.1) is 17.5 Å². The van der Waals surface area contributed by atoms with Crippen LogP contribution in [0.15, 0.2) is 47.6 Å². The molecule has 0 unspecified atom stereocenters. The lowest BCUT2D eigenvalue weighted by Crippen LogP contribution is -2.28. The second-order valence-electron chi connectivity index (χ2n) is 6.31. The van der Waals surface area contributed by atoms with Crippen LogP contribution in [0.2, 0.25) is 0 Å². The molecule has 1 aromatic heterocycles. The van der Waals surface area contributed by atoms with Gasteiger partial charge in [-0.15, -0.1) is 5.10 Å². The summed E-state index contributed by atoms with van der Waals surface area (Å²) in [5, 5.41) is 24.5. The minimum atomic E-state index is -0.0917. The Morgan fingerprint density at radius 2 is 1.93 bits per heavy atom. The second kappa shape index (κ2) is 8.22. The third kappa shape index (κ3) is 4.65. The predicted molar refractivity (Wildman–Crippen MR) is 104 cm³/mol. The largest absolute Gasteiger partial charge is 0.508 e. The van der Waals surface area contributed by atoms with Gasteiger partial charge in [-0.25, -0.2) is 0 Å². The molecule has 3 aromatic rings. The fraction of sp³-hybridized carbons (Fsp3) is 0.263. The molecule has 0 spiro atoms. The number of hydrogen-bond donors (Lipinski definition) is 2. The maximum atomic E-state index is 12.3. The lowest BCUT2D eigenvalue weighted by atomic mass is 10.0. The molecule has 3 rings (SSSR count). The Bertz CT molecular complexity index is 940. The Balaban J connectivity index is 1.60. The molecule has 0 aliphatic rings. The van der Waals surface area contributed by atoms with Crippen LogP contribution in [0.1, 0.15) is 29.7 Å². The quantitative estimate of drug-likeness (QED) is 0.636. The zero-order valence-corrected chi connectivity index (χ0v) is 16.2. The maximum Gasteiger partial charge on any atom is 0.230 e. The summed E-state index contributed by atoms with van der Waals surface area (Å²) >= 11 is 1.26. The van der Waals surface area contributed by atoms with E-state index >= 15 is 0 Å². The first-order valence-corrected chi connectivity index (χ1v) is 9.49. The number of nitrogens with zero attached hydrogens (tertiary/aromatic N) is 4. The zero-order valence-electron chi connectivity index (χ0n) is 15.4. The highest BCUT2D eigenvalue weighted by atomic mass is 32.2. The van der Waals surface area contributed by atoms with Crippen molar-refractivity contribution in [1.82, 2.24) is 25.5 Å². The van der Waals surface area contributed by atoms with Gasteiger partial charge in [0.15, 0.2) is 0 Å². The van der Waals surface area contributed by atoms with Gasteiger partial charge in [-0.05, 0) is 72.2 Å². The van der Waals surface area contributed by atoms with E-state index in [4.69, 9.17) is 0 Å². The summed E-state index contributed by atoms with van der Waals surface area (Å²) in [6.07, 6.45) is 0. The molecule has 2 N–H and O–H groups in total. The fourth-order valence-corrected chi connectivity index (χ4v) is 3.26. The van der Waals surface area contributed by atoms with E-state index in [1.807, 2.05) is 13.0 Å². The molecular formula is C19H21N5O2S. The zero-order chi connectivity index (χ0) is 19.4. The number of amides is 1. The number of thioether (sulfide) groups is 1. The standard InChI is InChI=1S/C19H21N5O2S/c1-12-4-5-15(10-13(12)2)14(3)20-18(26)11-27-19-21-22-23-24(19)16-6-8-17(25)9-7-16/h4-10,14,25H,11H2,1-3H3,(H,20,26)/t14-/m0/s1. The predicted octanol–water partition coefficient (Wildman–Crippen LogP) is 2.95. The molecule has 0 radical (unpaired) electrons. The first-order chi connectivity index (χ1) is 12.9. The molecule has 140 valence electrons. The number of hydrogen-bond acceptors (Lipinski definition) is 6. The van der Waals surface area contributed by atoms with Crippen molar-refractivity contribution < 1.29 is 9.90 Å². The number of phenols is 1. The average Bonchev–Trinajstić information content (AvgIpc) is 3.11. The molecule has 7 nitrogen and oxygen atoms in total. The van der Waals surface area contributed by atoms with Crippen molar-refractivity contribution >= 4 is 17.7 Å². The van der Waals surface area contributed by atoms with Crippen molar-refractivity contribution in [3.8, 4) is 11.4 Å². The van der Waals surface area contributed by atoms with Gasteiger partial charge in [0, 0.05) is 0 Å². The summed E-state index contributed by atoms with van der Waals surface area (Å²) in [7, 11) is 0. The molecular weight excluding hydrogens is 362 g/mol. The van der Waals surface area contributed by atoms with Crippen LogP contribution in [-0.2, 0) is 4.79 Å². The molecule has 27 heavy (non-hydrogen) atoms. The number of carbonyl (C=O) groups excluding carboxylic acids is 1. The average molecular weight is 383 g/mol. The molecule has 1 amide bonds. The van der Waals surface area contributed by atoms with Crippen molar-refractivity contribution in [2.24, 2.45) is 0 Å². The topological polar surface area (TPSA) is 92.9 Å². The van der Waals surface area contributed by atoms with E-state index in [0.29, 0.717) is 10.8 Å². The van der Waals surface area contributed by atoms with Crippen LogP contribution < -0.4 is 5.32 Å². The summed E-state index contributed by atoms with van der Waals surface area (Å²) in [4.78, 5) is 12.3. The number of aromatic nitrogens is 4. The number of tetrazole rings is 1. The fourth-order valence-electron chi connectivity index (χ4n) is 2.56. The SMILES string of the molecule is Cc1ccc([C@H](C)NC(=O)CSc2nnnn2-c2ccc(O)cc2)cc1C. The van der Waals surface area contributed by atoms with Gasteiger partial charge < -0.3 is 10.4 Å². The Hall–Kier alpha value is -2.87. The van der Waals surface area contributed by atoms with Gasteiger partial charge >= 0.3 is 0 Å². The summed E-state index contributed by atoms with van der Waals surface area (Å²) in [6, 6.07) is 12.6. The molecule has 8 heteroatoms. The third-order valence-electron chi connectivity index (χ3n) is 4.28. The van der Waals surface area contributed by atoms with Gasteiger partial charge in [0.2, 0.25) is 11.1 Å². The Labute approximate surface area is 161 Å². The number of aryl methyl sites for hydroxylation is 2. The van der Waals surface area contributed by atoms with E-state index in [-0.39, 0.29) is 23.5 Å². The Morgan fingerprint density at radius 1 is 1.19 bits per heavy atom. The van der Waals surface area contributed by atoms with Crippen LogP contribution in [0.4, 0.5) is 0 Å². The number of benzene rings is 2. The first kappa shape index (κ1) is 18.9. The van der Waals surface area contributed by atoms with E-state index in [1.54, 1.807) is 24.3 Å². The van der Waals surface area contributed by atoms with Crippen LogP contribution in [0, 0.1) is 13.8 Å². The smallest absolute Gasteiger partial charge is 0.230 e. The van der Waals surface area contributed by atoms with Gasteiger partial charge in [-0.1, -0.05) is 30.0 Å². The molecule has 1 atom stereocenters. The Kier molecular flexibility index (Phi) is 5.75. The lowest BCUT2D eigenvalue weighted by molar-refractivity contribution is -0.119. The van der Waals surface area contributed by atoms with Gasteiger partial charge in [-0.3, -0.25) is 4.79 Å². The number of aromatic hydroxyl groups is 1. The summed E-state index contributed by atoms with van der Waals surface area (Å²) in [5.74, 6) is 0.278. The van der Waals surface area contributed by atoms with E-state index < -0.39 is 0 Å². The van der Waals surface area contributed by atoms with Crippen molar-refractivity contribution in [2.75, 3.05) is 5.75 Å². The molecule has 0 aliphatic heterocycles. The van der Waals surface area contributed by atoms with Crippen molar-refractivity contribution in [1.29, 1.82) is 0 Å². The van der Waals surface area contributed by atoms with E-state index in [2.05, 4.69) is 46.8 Å². The lowest BCUT2D eigenvalue weighted by Gasteiger charge is -2.15. The highest BCUT2D eigenvalue weighted by Crippen LogP contribution is 2.21. The van der Waals surface area contributed by atoms with Gasteiger partial charge in [0.25, 0.3) is 0 Å². The molecule has 0 saturated carbocycles. The summed E-state index contributed by atoms with van der Waals surface area (Å²) in [5.41, 5.74) is 4.22. The number of nitrogens with one attached hydrogen (secondary N) is 1. The van der Waals surface area contributed by atoms with Gasteiger partial charge in [-0.2, -0.15) is 4.68 Å². The molecule has 0 saturated heterocycles. The number of phenolic OH excluding ortho intramolecular Hbond substituents is 1. The van der Waals surface area contributed by atoms with Crippen LogP contribution in [0.5, 0.6) is 5.75 Å². The minimum Gasteiger partial charge on any atom is -0.508 e. The molecule has 0 aliphatic carbocycles. The summed E-state index contributed by atoms with van der Waals surface area (Å²) in [6.45, 7) is 6.09. The Morgan fingerprint density at radius 3 is 2.63 bits per heavy atom. The van der Waals surface area contributed by atoms with Crippen LogP contribution in [0.3, 0.4) is 0 Å². The third-order valence-corrected chi connectivity index (χ3v) is 5.20. The van der Waals surface area contributed by atoms with E-state index in [9.17, 15) is 9.90 Å². The van der Waals surface area contributed by atoms with Crippen LogP contribution in [0.25, 0.3) is 5.69 Å². The molecule has 0 bridgehead atoms. The monoisotopic (exact) mass is 383 g/mol. The highest BCUT2D eigenvalue weighted by molar-refractivity contribution is 7.99. The maximum absolute atomic E-state index is 12.3. The first-order valence-electron chi connectivity index (χ1n) is 8.51. The van der Waals surface area contributed by atoms with E-state index in [1.165, 1.54) is 27.6 Å². The highest BCUT2D eigenvalue weighted by Gasteiger charge is 2.14. The molecule has 1 heterocycles. The van der Waals surface area contributed by atoms with E-state index in [0.717, 1.165) is 5.56 Å². The normalized spacial score (nSPS) is 12.0. The van der Waals surface area contributed by atoms with Crippen LogP contribution >= 0.6 is 11.8 Å². The number of carbonyl (C=O) groups is 1. The molecule has 2 aromatic carbocycles.